The van der Waals surface area contributed by atoms with E-state index in [9.17, 15) is 14.7 Å². The normalized spacial score (nSPS) is 14.3. The van der Waals surface area contributed by atoms with Gasteiger partial charge in [0.2, 0.25) is 5.91 Å². The topological polar surface area (TPSA) is 92.4 Å². The van der Waals surface area contributed by atoms with Crippen LogP contribution in [0.5, 0.6) is 0 Å². The minimum atomic E-state index is -1.05. The number of carbonyl (C=O) groups excluding carboxylic acids is 1. The number of nitrogens with two attached hydrogens (primary N) is 1. The summed E-state index contributed by atoms with van der Waals surface area (Å²) in [5.41, 5.74) is 9.51. The smallest absolute Gasteiger partial charge is 0.326 e. The van der Waals surface area contributed by atoms with Gasteiger partial charge in [0, 0.05) is 24.4 Å². The second-order valence-electron chi connectivity index (χ2n) is 6.36. The number of carbonyl (C=O) groups is 2. The van der Waals surface area contributed by atoms with Gasteiger partial charge in [0.15, 0.2) is 0 Å². The van der Waals surface area contributed by atoms with Crippen LogP contribution in [-0.2, 0) is 9.59 Å². The van der Waals surface area contributed by atoms with Crippen molar-refractivity contribution in [2.45, 2.75) is 52.5 Å². The van der Waals surface area contributed by atoms with Crippen molar-refractivity contribution in [3.05, 3.63) is 64.2 Å². The lowest BCUT2D eigenvalue weighted by Gasteiger charge is -2.18. The molecule has 1 aromatic rings. The van der Waals surface area contributed by atoms with E-state index < -0.39 is 12.0 Å². The third-order valence-electron chi connectivity index (χ3n) is 4.43. The minimum absolute atomic E-state index is 0.113. The van der Waals surface area contributed by atoms with Gasteiger partial charge in [0.1, 0.15) is 6.04 Å². The molecule has 0 saturated carbocycles. The maximum absolute atomic E-state index is 11.8. The predicted molar refractivity (Wildman–Crippen MR) is 120 cm³/mol. The number of hydrogen-bond donors (Lipinski definition) is 3. The molecule has 1 atom stereocenters. The van der Waals surface area contributed by atoms with E-state index in [0.717, 1.165) is 28.7 Å². The fourth-order valence-electron chi connectivity index (χ4n) is 3.00. The summed E-state index contributed by atoms with van der Waals surface area (Å²) in [6.07, 6.45) is 8.03. The summed E-state index contributed by atoms with van der Waals surface area (Å²) in [4.78, 5) is 23.4. The molecular weight excluding hydrogens is 388 g/mol. The molecule has 0 spiro atoms. The third kappa shape index (κ3) is 7.87. The standard InChI is InChI=1S/C21H25ClN2O3.C2H6/c1-2-14-12-16(15-6-8-18(22)9-7-15)4-3-5-17(14)13-19(21(26)27)24-20(25)10-11-23;1-2/h4-9,12,19H,2-3,10-11,13,23H2,1H3,(H,24,25)(H,26,27);1-2H3. The number of halogens is 1. The molecule has 0 heterocycles. The molecule has 1 aliphatic rings. The average Bonchev–Trinajstić information content (AvgIpc) is 2.92. The van der Waals surface area contributed by atoms with Crippen molar-refractivity contribution in [3.8, 4) is 0 Å². The van der Waals surface area contributed by atoms with Gasteiger partial charge in [-0.3, -0.25) is 4.79 Å². The number of amides is 1. The van der Waals surface area contributed by atoms with Crippen molar-refractivity contribution in [2.75, 3.05) is 6.54 Å². The summed E-state index contributed by atoms with van der Waals surface area (Å²) in [6.45, 7) is 6.22. The van der Waals surface area contributed by atoms with E-state index in [2.05, 4.69) is 17.5 Å². The van der Waals surface area contributed by atoms with Gasteiger partial charge in [-0.1, -0.05) is 62.7 Å². The molecule has 2 rings (SSSR count). The zero-order valence-electron chi connectivity index (χ0n) is 17.4. The number of benzene rings is 1. The first-order valence-corrected chi connectivity index (χ1v) is 10.4. The Morgan fingerprint density at radius 2 is 1.83 bits per heavy atom. The van der Waals surface area contributed by atoms with Crippen LogP contribution in [0.2, 0.25) is 5.02 Å². The molecule has 1 amide bonds. The molecule has 29 heavy (non-hydrogen) atoms. The van der Waals surface area contributed by atoms with Gasteiger partial charge >= 0.3 is 5.97 Å². The van der Waals surface area contributed by atoms with Crippen LogP contribution in [0.15, 0.2) is 53.6 Å². The molecule has 158 valence electrons. The molecule has 6 heteroatoms. The Bertz CT molecular complexity index is 780. The molecule has 5 nitrogen and oxygen atoms in total. The fraction of sp³-hybridized carbons (Fsp3) is 0.391. The first-order valence-electron chi connectivity index (χ1n) is 10.0. The van der Waals surface area contributed by atoms with Gasteiger partial charge < -0.3 is 16.2 Å². The second-order valence-corrected chi connectivity index (χ2v) is 6.79. The van der Waals surface area contributed by atoms with E-state index in [0.29, 0.717) is 11.4 Å². The van der Waals surface area contributed by atoms with Crippen LogP contribution >= 0.6 is 11.6 Å². The Labute approximate surface area is 178 Å². The number of aliphatic carboxylic acids is 1. The monoisotopic (exact) mass is 418 g/mol. The van der Waals surface area contributed by atoms with Crippen LogP contribution in [-0.4, -0.2) is 29.6 Å². The highest BCUT2D eigenvalue weighted by atomic mass is 35.5. The SMILES string of the molecule is CC.CCC1=CC(c2ccc(Cl)cc2)=CCC=C1CC(NC(=O)CCN)C(=O)O. The Balaban J connectivity index is 0.00000204. The van der Waals surface area contributed by atoms with Crippen molar-refractivity contribution in [3.63, 3.8) is 0 Å². The number of nitrogens with one attached hydrogen (secondary N) is 1. The molecule has 0 saturated heterocycles. The van der Waals surface area contributed by atoms with Gasteiger partial charge in [-0.05, 0) is 47.3 Å². The summed E-state index contributed by atoms with van der Waals surface area (Å²) in [5, 5.41) is 12.7. The van der Waals surface area contributed by atoms with Crippen molar-refractivity contribution in [2.24, 2.45) is 5.73 Å². The summed E-state index contributed by atoms with van der Waals surface area (Å²) in [6, 6.07) is 6.67. The maximum atomic E-state index is 11.8. The molecular formula is C23H31ClN2O3. The van der Waals surface area contributed by atoms with Crippen LogP contribution in [0.3, 0.4) is 0 Å². The largest absolute Gasteiger partial charge is 0.480 e. The first-order chi connectivity index (χ1) is 13.9. The van der Waals surface area contributed by atoms with E-state index in [1.54, 1.807) is 0 Å². The average molecular weight is 419 g/mol. The zero-order valence-corrected chi connectivity index (χ0v) is 18.1. The Kier molecular flexibility index (Phi) is 11.0. The van der Waals surface area contributed by atoms with E-state index >= 15 is 0 Å². The Morgan fingerprint density at radius 3 is 2.38 bits per heavy atom. The van der Waals surface area contributed by atoms with Crippen LogP contribution in [0.25, 0.3) is 5.57 Å². The van der Waals surface area contributed by atoms with E-state index in [-0.39, 0.29) is 25.3 Å². The van der Waals surface area contributed by atoms with Crippen LogP contribution in [0, 0.1) is 0 Å². The summed E-state index contributed by atoms with van der Waals surface area (Å²) in [7, 11) is 0. The third-order valence-corrected chi connectivity index (χ3v) is 4.68. The molecule has 0 fully saturated rings. The Morgan fingerprint density at radius 1 is 1.17 bits per heavy atom. The highest BCUT2D eigenvalue weighted by molar-refractivity contribution is 6.30. The van der Waals surface area contributed by atoms with Crippen molar-refractivity contribution in [1.82, 2.24) is 5.32 Å². The fourth-order valence-corrected chi connectivity index (χ4v) is 3.13. The summed E-state index contributed by atoms with van der Waals surface area (Å²) in [5.74, 6) is -1.40. The quantitative estimate of drug-likeness (QED) is 0.569. The van der Waals surface area contributed by atoms with Crippen molar-refractivity contribution in [1.29, 1.82) is 0 Å². The lowest BCUT2D eigenvalue weighted by atomic mass is 9.94. The molecule has 0 bridgehead atoms. The predicted octanol–water partition coefficient (Wildman–Crippen LogP) is 4.72. The van der Waals surface area contributed by atoms with Crippen molar-refractivity contribution >= 4 is 29.1 Å². The second kappa shape index (κ2) is 13.0. The number of allylic oxidation sites excluding steroid dienone is 5. The molecule has 0 aliphatic heterocycles. The number of carboxylic acids is 1. The highest BCUT2D eigenvalue weighted by Gasteiger charge is 2.22. The first kappa shape index (κ1) is 24.7. The van der Waals surface area contributed by atoms with Gasteiger partial charge in [-0.15, -0.1) is 0 Å². The zero-order chi connectivity index (χ0) is 21.8. The lowest BCUT2D eigenvalue weighted by molar-refractivity contribution is -0.141. The highest BCUT2D eigenvalue weighted by Crippen LogP contribution is 2.29. The van der Waals surface area contributed by atoms with E-state index in [4.69, 9.17) is 17.3 Å². The minimum Gasteiger partial charge on any atom is -0.480 e. The molecule has 0 aromatic heterocycles. The number of carboxylic acid groups (broad SMARTS) is 1. The summed E-state index contributed by atoms with van der Waals surface area (Å²) < 4.78 is 0. The molecule has 0 radical (unpaired) electrons. The van der Waals surface area contributed by atoms with Gasteiger partial charge in [-0.2, -0.15) is 0 Å². The van der Waals surface area contributed by atoms with Gasteiger partial charge in [0.25, 0.3) is 0 Å². The van der Waals surface area contributed by atoms with Gasteiger partial charge in [-0.25, -0.2) is 4.79 Å². The van der Waals surface area contributed by atoms with Crippen LogP contribution in [0.4, 0.5) is 0 Å². The van der Waals surface area contributed by atoms with Crippen LogP contribution < -0.4 is 11.1 Å². The maximum Gasteiger partial charge on any atom is 0.326 e. The molecule has 4 N–H and O–H groups in total. The van der Waals surface area contributed by atoms with E-state index in [1.165, 1.54) is 0 Å². The molecule has 1 aromatic carbocycles. The van der Waals surface area contributed by atoms with E-state index in [1.807, 2.05) is 51.1 Å². The number of hydrogen-bond acceptors (Lipinski definition) is 3. The summed E-state index contributed by atoms with van der Waals surface area (Å²) >= 11 is 5.97. The van der Waals surface area contributed by atoms with Crippen molar-refractivity contribution < 1.29 is 14.7 Å². The number of rotatable bonds is 8. The molecule has 1 unspecified atom stereocenters. The molecule has 1 aliphatic carbocycles. The van der Waals surface area contributed by atoms with Crippen LogP contribution in [0.1, 0.15) is 52.0 Å². The van der Waals surface area contributed by atoms with Gasteiger partial charge in [0.05, 0.1) is 0 Å². The Hall–Kier alpha value is -2.37. The lowest BCUT2D eigenvalue weighted by Crippen LogP contribution is -2.41.